The summed E-state index contributed by atoms with van der Waals surface area (Å²) in [5.74, 6) is 0.821. The number of aliphatic hydroxyl groups is 2. The number of hydrogen-bond acceptors (Lipinski definition) is 6. The van der Waals surface area contributed by atoms with E-state index in [0.717, 1.165) is 22.3 Å². The fourth-order valence-electron chi connectivity index (χ4n) is 3.99. The molecule has 170 valence electrons. The van der Waals surface area contributed by atoms with Crippen molar-refractivity contribution in [3.63, 3.8) is 0 Å². The van der Waals surface area contributed by atoms with Crippen molar-refractivity contribution in [1.29, 1.82) is 0 Å². The molecule has 4 rings (SSSR count). The Morgan fingerprint density at radius 3 is 2.28 bits per heavy atom. The first kappa shape index (κ1) is 23.2. The van der Waals surface area contributed by atoms with Gasteiger partial charge in [0.05, 0.1) is 19.8 Å². The zero-order valence-corrected chi connectivity index (χ0v) is 19.0. The van der Waals surface area contributed by atoms with Crippen molar-refractivity contribution in [3.05, 3.63) is 83.9 Å². The molecule has 0 amide bonds. The molecule has 0 spiro atoms. The predicted octanol–water partition coefficient (Wildman–Crippen LogP) is 4.14. The Morgan fingerprint density at radius 2 is 1.53 bits per heavy atom. The third-order valence-corrected chi connectivity index (χ3v) is 6.71. The Labute approximate surface area is 193 Å². The lowest BCUT2D eigenvalue weighted by atomic mass is 9.99. The Kier molecular flexibility index (Phi) is 8.19. The van der Waals surface area contributed by atoms with Crippen LogP contribution in [0.2, 0.25) is 0 Å². The van der Waals surface area contributed by atoms with Crippen LogP contribution >= 0.6 is 11.8 Å². The second kappa shape index (κ2) is 11.3. The van der Waals surface area contributed by atoms with Crippen LogP contribution in [-0.4, -0.2) is 52.4 Å². The molecule has 0 saturated carbocycles. The maximum Gasteiger partial charge on any atom is 0.132 e. The molecule has 5 atom stereocenters. The van der Waals surface area contributed by atoms with Crippen LogP contribution in [0.4, 0.5) is 0 Å². The number of aliphatic hydroxyl groups excluding tert-OH is 2. The van der Waals surface area contributed by atoms with Gasteiger partial charge in [0.15, 0.2) is 0 Å². The summed E-state index contributed by atoms with van der Waals surface area (Å²) in [4.78, 5) is 0. The number of rotatable bonds is 9. The highest BCUT2D eigenvalue weighted by Crippen LogP contribution is 2.33. The van der Waals surface area contributed by atoms with Crippen molar-refractivity contribution in [3.8, 4) is 0 Å². The van der Waals surface area contributed by atoms with Crippen LogP contribution in [0, 0.1) is 0 Å². The fourth-order valence-corrected chi connectivity index (χ4v) is 4.97. The minimum Gasteiger partial charge on any atom is -0.394 e. The van der Waals surface area contributed by atoms with Crippen molar-refractivity contribution in [2.45, 2.75) is 50.0 Å². The molecular formula is C26H30O5S. The van der Waals surface area contributed by atoms with Crippen molar-refractivity contribution >= 4 is 22.5 Å². The highest BCUT2D eigenvalue weighted by Gasteiger charge is 2.46. The van der Waals surface area contributed by atoms with Crippen molar-refractivity contribution < 1.29 is 24.4 Å². The number of thioether (sulfide) groups is 1. The van der Waals surface area contributed by atoms with Gasteiger partial charge in [-0.05, 0) is 33.7 Å². The summed E-state index contributed by atoms with van der Waals surface area (Å²) < 4.78 is 18.5. The minimum absolute atomic E-state index is 0.275. The van der Waals surface area contributed by atoms with E-state index in [-0.39, 0.29) is 12.0 Å². The smallest absolute Gasteiger partial charge is 0.132 e. The molecule has 1 aliphatic heterocycles. The second-order valence-corrected chi connectivity index (χ2v) is 9.27. The molecular weight excluding hydrogens is 424 g/mol. The van der Waals surface area contributed by atoms with Gasteiger partial charge in [0.2, 0.25) is 0 Å². The van der Waals surface area contributed by atoms with Gasteiger partial charge < -0.3 is 24.4 Å². The molecule has 2 N–H and O–H groups in total. The number of benzene rings is 3. The average molecular weight is 455 g/mol. The van der Waals surface area contributed by atoms with E-state index in [2.05, 4.69) is 24.3 Å². The van der Waals surface area contributed by atoms with Gasteiger partial charge in [0.25, 0.3) is 0 Å². The van der Waals surface area contributed by atoms with Crippen LogP contribution in [-0.2, 0) is 27.4 Å². The summed E-state index contributed by atoms with van der Waals surface area (Å²) >= 11 is 1.59. The van der Waals surface area contributed by atoms with Crippen LogP contribution in [0.5, 0.6) is 0 Å². The first-order valence-corrected chi connectivity index (χ1v) is 12.0. The summed E-state index contributed by atoms with van der Waals surface area (Å²) in [6, 6.07) is 24.3. The van der Waals surface area contributed by atoms with Gasteiger partial charge in [0, 0.05) is 0 Å². The monoisotopic (exact) mass is 454 g/mol. The first-order valence-electron chi connectivity index (χ1n) is 11.0. The summed E-state index contributed by atoms with van der Waals surface area (Å²) in [6.45, 7) is 2.50. The lowest BCUT2D eigenvalue weighted by Crippen LogP contribution is -2.59. The molecule has 0 aliphatic carbocycles. The summed E-state index contributed by atoms with van der Waals surface area (Å²) in [5, 5.41) is 23.0. The van der Waals surface area contributed by atoms with Crippen molar-refractivity contribution in [1.82, 2.24) is 0 Å². The van der Waals surface area contributed by atoms with Gasteiger partial charge in [0.1, 0.15) is 29.9 Å². The maximum atomic E-state index is 10.9. The van der Waals surface area contributed by atoms with E-state index in [1.54, 1.807) is 11.8 Å². The standard InChI is InChI=1S/C26H30O5S/c1-2-32-26-25(30-16-18-8-4-3-5-9-18)24(23(28)22(15-27)31-26)29-17-19-12-13-20-10-6-7-11-21(20)14-19/h3-14,22-28H,2,15-17H2,1H3/t22-,23-,24+,25+,26-/m1/s1. The van der Waals surface area contributed by atoms with Crippen LogP contribution < -0.4 is 0 Å². The molecule has 1 fully saturated rings. The van der Waals surface area contributed by atoms with Gasteiger partial charge >= 0.3 is 0 Å². The topological polar surface area (TPSA) is 68.2 Å². The zero-order chi connectivity index (χ0) is 22.3. The van der Waals surface area contributed by atoms with Gasteiger partial charge in [-0.3, -0.25) is 0 Å². The Balaban J connectivity index is 1.52. The summed E-state index contributed by atoms with van der Waals surface area (Å²) in [6.07, 6.45) is -2.80. The van der Waals surface area contributed by atoms with E-state index in [0.29, 0.717) is 13.2 Å². The van der Waals surface area contributed by atoms with E-state index in [1.807, 2.05) is 55.5 Å². The molecule has 0 unspecified atom stereocenters. The van der Waals surface area contributed by atoms with Crippen molar-refractivity contribution in [2.75, 3.05) is 12.4 Å². The fraction of sp³-hybridized carbons (Fsp3) is 0.385. The molecule has 6 heteroatoms. The average Bonchev–Trinajstić information content (AvgIpc) is 2.83. The zero-order valence-electron chi connectivity index (χ0n) is 18.2. The molecule has 3 aromatic rings. The second-order valence-electron chi connectivity index (χ2n) is 7.89. The predicted molar refractivity (Wildman–Crippen MR) is 127 cm³/mol. The highest BCUT2D eigenvalue weighted by molar-refractivity contribution is 7.99. The Hall–Kier alpha value is -1.93. The van der Waals surface area contributed by atoms with E-state index in [4.69, 9.17) is 14.2 Å². The number of hydrogen-bond donors (Lipinski definition) is 2. The largest absolute Gasteiger partial charge is 0.394 e. The minimum atomic E-state index is -0.991. The van der Waals surface area contributed by atoms with Crippen molar-refractivity contribution in [2.24, 2.45) is 0 Å². The van der Waals surface area contributed by atoms with Crippen LogP contribution in [0.25, 0.3) is 10.8 Å². The normalized spacial score (nSPS) is 25.8. The summed E-state index contributed by atoms with van der Waals surface area (Å²) in [7, 11) is 0. The molecule has 0 bridgehead atoms. The van der Waals surface area contributed by atoms with E-state index in [1.165, 1.54) is 5.39 Å². The highest BCUT2D eigenvalue weighted by atomic mass is 32.2. The molecule has 0 aromatic heterocycles. The van der Waals surface area contributed by atoms with E-state index >= 15 is 0 Å². The van der Waals surface area contributed by atoms with Gasteiger partial charge in [-0.15, -0.1) is 11.8 Å². The molecule has 1 heterocycles. The van der Waals surface area contributed by atoms with Gasteiger partial charge in [-0.25, -0.2) is 0 Å². The first-order chi connectivity index (χ1) is 15.7. The Morgan fingerprint density at radius 1 is 0.844 bits per heavy atom. The molecule has 5 nitrogen and oxygen atoms in total. The third-order valence-electron chi connectivity index (χ3n) is 5.67. The van der Waals surface area contributed by atoms with Gasteiger partial charge in [-0.2, -0.15) is 0 Å². The van der Waals surface area contributed by atoms with E-state index in [9.17, 15) is 10.2 Å². The van der Waals surface area contributed by atoms with E-state index < -0.39 is 24.4 Å². The molecule has 32 heavy (non-hydrogen) atoms. The van der Waals surface area contributed by atoms with Gasteiger partial charge in [-0.1, -0.05) is 73.7 Å². The lowest BCUT2D eigenvalue weighted by molar-refractivity contribution is -0.237. The Bertz CT molecular complexity index is 982. The molecule has 1 saturated heterocycles. The SMILES string of the molecule is CCS[C@H]1O[C@H](CO)[C@@H](O)[C@H](OCc2ccc3ccccc3c2)[C@@H]1OCc1ccccc1. The molecule has 1 aliphatic rings. The summed E-state index contributed by atoms with van der Waals surface area (Å²) in [5.41, 5.74) is 1.72. The van der Waals surface area contributed by atoms with Crippen LogP contribution in [0.3, 0.4) is 0 Å². The number of fused-ring (bicyclic) bond motifs is 1. The maximum absolute atomic E-state index is 10.9. The molecule has 3 aromatic carbocycles. The van der Waals surface area contributed by atoms with Crippen LogP contribution in [0.1, 0.15) is 18.1 Å². The number of ether oxygens (including phenoxy) is 3. The van der Waals surface area contributed by atoms with Crippen LogP contribution in [0.15, 0.2) is 72.8 Å². The molecule has 0 radical (unpaired) electrons. The third kappa shape index (κ3) is 5.52. The lowest BCUT2D eigenvalue weighted by Gasteiger charge is -2.43. The quantitative estimate of drug-likeness (QED) is 0.507.